The molecule has 0 unspecified atom stereocenters. The lowest BCUT2D eigenvalue weighted by atomic mass is 9.95. The van der Waals surface area contributed by atoms with Gasteiger partial charge in [0.25, 0.3) is 0 Å². The summed E-state index contributed by atoms with van der Waals surface area (Å²) >= 11 is 0. The van der Waals surface area contributed by atoms with Gasteiger partial charge in [-0.15, -0.1) is 0 Å². The van der Waals surface area contributed by atoms with Crippen LogP contribution in [0.4, 0.5) is 0 Å². The number of nitrogens with zero attached hydrogens (tertiary/aromatic N) is 1. The molecule has 2 heterocycles. The highest BCUT2D eigenvalue weighted by atomic mass is 16.5. The summed E-state index contributed by atoms with van der Waals surface area (Å²) in [6.07, 6.45) is 2.71. The lowest BCUT2D eigenvalue weighted by Crippen LogP contribution is -2.54. The van der Waals surface area contributed by atoms with Gasteiger partial charge in [0.2, 0.25) is 0 Å². The van der Waals surface area contributed by atoms with E-state index in [1.807, 2.05) is 6.07 Å². The molecule has 1 aromatic carbocycles. The van der Waals surface area contributed by atoms with E-state index in [9.17, 15) is 0 Å². The summed E-state index contributed by atoms with van der Waals surface area (Å²) in [5, 5.41) is 0. The molecule has 2 saturated heterocycles. The molecule has 22 heavy (non-hydrogen) atoms. The Morgan fingerprint density at radius 3 is 2.91 bits per heavy atom. The first-order valence-electron chi connectivity index (χ1n) is 8.47. The van der Waals surface area contributed by atoms with Gasteiger partial charge in [-0.25, -0.2) is 0 Å². The molecule has 2 aliphatic rings. The molecule has 3 rings (SSSR count). The minimum absolute atomic E-state index is 0.253. The summed E-state index contributed by atoms with van der Waals surface area (Å²) in [5.41, 5.74) is 1.24. The van der Waals surface area contributed by atoms with E-state index in [1.165, 1.54) is 5.56 Å². The van der Waals surface area contributed by atoms with Crippen molar-refractivity contribution in [3.8, 4) is 0 Å². The van der Waals surface area contributed by atoms with E-state index in [0.29, 0.717) is 12.6 Å². The standard InChI is InChI=1S/C18H27NO3/c1-2-21-17-8-10-19(16-9-12-22-18(16)17)11-13-20-14-15-6-4-3-5-7-15/h3-7,16-18H,2,8-14H2,1H3/t16-,17+,18-/m0/s1. The highest BCUT2D eigenvalue weighted by Crippen LogP contribution is 2.30. The van der Waals surface area contributed by atoms with Gasteiger partial charge in [0.05, 0.1) is 25.4 Å². The van der Waals surface area contributed by atoms with Crippen LogP contribution in [0.3, 0.4) is 0 Å². The highest BCUT2D eigenvalue weighted by Gasteiger charge is 2.42. The van der Waals surface area contributed by atoms with Gasteiger partial charge in [-0.05, 0) is 25.3 Å². The molecule has 4 heteroatoms. The van der Waals surface area contributed by atoms with Crippen LogP contribution in [0.5, 0.6) is 0 Å². The summed E-state index contributed by atoms with van der Waals surface area (Å²) < 4.78 is 17.6. The number of hydrogen-bond acceptors (Lipinski definition) is 4. The lowest BCUT2D eigenvalue weighted by Gasteiger charge is -2.40. The maximum atomic E-state index is 5.92. The monoisotopic (exact) mass is 305 g/mol. The summed E-state index contributed by atoms with van der Waals surface area (Å²) in [5.74, 6) is 0. The second kappa shape index (κ2) is 8.06. The van der Waals surface area contributed by atoms with Gasteiger partial charge in [-0.1, -0.05) is 30.3 Å². The van der Waals surface area contributed by atoms with Crippen molar-refractivity contribution < 1.29 is 14.2 Å². The summed E-state index contributed by atoms with van der Waals surface area (Å²) in [6, 6.07) is 10.9. The third-order valence-corrected chi connectivity index (χ3v) is 4.65. The second-order valence-corrected chi connectivity index (χ2v) is 6.05. The maximum absolute atomic E-state index is 5.92. The zero-order valence-electron chi connectivity index (χ0n) is 13.4. The van der Waals surface area contributed by atoms with Gasteiger partial charge in [-0.3, -0.25) is 4.90 Å². The second-order valence-electron chi connectivity index (χ2n) is 6.05. The SMILES string of the molecule is CCO[C@@H]1CCN(CCOCc2ccccc2)[C@H]2CCO[C@H]12. The summed E-state index contributed by atoms with van der Waals surface area (Å²) in [4.78, 5) is 2.53. The average molecular weight is 305 g/mol. The zero-order chi connectivity index (χ0) is 15.2. The van der Waals surface area contributed by atoms with Crippen LogP contribution < -0.4 is 0 Å². The van der Waals surface area contributed by atoms with Crippen LogP contribution in [0.15, 0.2) is 30.3 Å². The molecule has 0 saturated carbocycles. The molecule has 0 aromatic heterocycles. The van der Waals surface area contributed by atoms with Crippen LogP contribution in [0, 0.1) is 0 Å². The van der Waals surface area contributed by atoms with Crippen LogP contribution in [-0.2, 0) is 20.8 Å². The molecule has 0 N–H and O–H groups in total. The minimum atomic E-state index is 0.253. The minimum Gasteiger partial charge on any atom is -0.376 e. The molecule has 0 bridgehead atoms. The number of ether oxygens (including phenoxy) is 3. The number of rotatable bonds is 7. The molecule has 1 aromatic rings. The van der Waals surface area contributed by atoms with Crippen LogP contribution in [-0.4, -0.2) is 56.1 Å². The third-order valence-electron chi connectivity index (χ3n) is 4.65. The van der Waals surface area contributed by atoms with Crippen LogP contribution in [0.25, 0.3) is 0 Å². The Morgan fingerprint density at radius 1 is 1.23 bits per heavy atom. The van der Waals surface area contributed by atoms with E-state index in [1.54, 1.807) is 0 Å². The van der Waals surface area contributed by atoms with Crippen LogP contribution in [0.2, 0.25) is 0 Å². The number of likely N-dealkylation sites (tertiary alicyclic amines) is 1. The fourth-order valence-electron chi connectivity index (χ4n) is 3.58. The van der Waals surface area contributed by atoms with E-state index < -0.39 is 0 Å². The number of piperidine rings is 1. The quantitative estimate of drug-likeness (QED) is 0.724. The van der Waals surface area contributed by atoms with Crippen molar-refractivity contribution in [3.63, 3.8) is 0 Å². The van der Waals surface area contributed by atoms with E-state index >= 15 is 0 Å². The van der Waals surface area contributed by atoms with Crippen molar-refractivity contribution in [1.82, 2.24) is 4.90 Å². The van der Waals surface area contributed by atoms with Crippen molar-refractivity contribution in [2.45, 2.75) is 44.6 Å². The first-order valence-corrected chi connectivity index (χ1v) is 8.47. The van der Waals surface area contributed by atoms with Gasteiger partial charge in [-0.2, -0.15) is 0 Å². The maximum Gasteiger partial charge on any atom is 0.0992 e. The molecular formula is C18H27NO3. The lowest BCUT2D eigenvalue weighted by molar-refractivity contribution is -0.0981. The summed E-state index contributed by atoms with van der Waals surface area (Å²) in [6.45, 7) is 7.24. The average Bonchev–Trinajstić information content (AvgIpc) is 3.04. The number of hydrogen-bond donors (Lipinski definition) is 0. The fraction of sp³-hybridized carbons (Fsp3) is 0.667. The van der Waals surface area contributed by atoms with Gasteiger partial charge >= 0.3 is 0 Å². The molecule has 3 atom stereocenters. The Labute approximate surface area is 133 Å². The van der Waals surface area contributed by atoms with Crippen molar-refractivity contribution >= 4 is 0 Å². The van der Waals surface area contributed by atoms with Gasteiger partial charge in [0.1, 0.15) is 0 Å². The molecule has 2 fully saturated rings. The van der Waals surface area contributed by atoms with E-state index in [-0.39, 0.29) is 12.2 Å². The molecule has 0 spiro atoms. The highest BCUT2D eigenvalue weighted by molar-refractivity contribution is 5.13. The number of fused-ring (bicyclic) bond motifs is 1. The van der Waals surface area contributed by atoms with Crippen molar-refractivity contribution in [2.75, 3.05) is 32.9 Å². The first kappa shape index (κ1) is 15.9. The normalized spacial score (nSPS) is 28.7. The molecule has 122 valence electrons. The Bertz CT molecular complexity index is 439. The molecule has 0 amide bonds. The van der Waals surface area contributed by atoms with Crippen molar-refractivity contribution in [1.29, 1.82) is 0 Å². The molecule has 0 radical (unpaired) electrons. The van der Waals surface area contributed by atoms with Crippen LogP contribution in [0.1, 0.15) is 25.3 Å². The number of benzene rings is 1. The Hall–Kier alpha value is -0.940. The Balaban J connectivity index is 1.43. The van der Waals surface area contributed by atoms with Crippen LogP contribution >= 0.6 is 0 Å². The topological polar surface area (TPSA) is 30.9 Å². The Morgan fingerprint density at radius 2 is 2.09 bits per heavy atom. The third kappa shape index (κ3) is 3.87. The molecule has 2 aliphatic heterocycles. The van der Waals surface area contributed by atoms with Gasteiger partial charge in [0, 0.05) is 32.3 Å². The largest absolute Gasteiger partial charge is 0.376 e. The van der Waals surface area contributed by atoms with E-state index in [2.05, 4.69) is 36.1 Å². The Kier molecular flexibility index (Phi) is 5.84. The van der Waals surface area contributed by atoms with E-state index in [4.69, 9.17) is 14.2 Å². The predicted octanol–water partition coefficient (Wildman–Crippen LogP) is 2.47. The molecule has 0 aliphatic carbocycles. The molecule has 4 nitrogen and oxygen atoms in total. The van der Waals surface area contributed by atoms with Gasteiger partial charge in [0.15, 0.2) is 0 Å². The predicted molar refractivity (Wildman–Crippen MR) is 85.8 cm³/mol. The zero-order valence-corrected chi connectivity index (χ0v) is 13.4. The van der Waals surface area contributed by atoms with Gasteiger partial charge < -0.3 is 14.2 Å². The van der Waals surface area contributed by atoms with E-state index in [0.717, 1.165) is 45.8 Å². The van der Waals surface area contributed by atoms with Crippen molar-refractivity contribution in [3.05, 3.63) is 35.9 Å². The van der Waals surface area contributed by atoms with Crippen molar-refractivity contribution in [2.24, 2.45) is 0 Å². The fourth-order valence-corrected chi connectivity index (χ4v) is 3.58. The summed E-state index contributed by atoms with van der Waals surface area (Å²) in [7, 11) is 0. The smallest absolute Gasteiger partial charge is 0.0992 e. The molecular weight excluding hydrogens is 278 g/mol. The first-order chi connectivity index (χ1) is 10.9.